The van der Waals surface area contributed by atoms with Crippen LogP contribution in [0.3, 0.4) is 0 Å². The average Bonchev–Trinajstić information content (AvgIpc) is 2.90. The van der Waals surface area contributed by atoms with Crippen LogP contribution in [-0.4, -0.2) is 62.6 Å². The van der Waals surface area contributed by atoms with Gasteiger partial charge in [-0.25, -0.2) is 0 Å². The molecule has 170 valence electrons. The Morgan fingerprint density at radius 1 is 0.667 bits per heavy atom. The number of nitrogens with zero attached hydrogens (tertiary/aromatic N) is 4. The highest BCUT2D eigenvalue weighted by Crippen LogP contribution is 2.33. The van der Waals surface area contributed by atoms with Gasteiger partial charge in [0.1, 0.15) is 0 Å². The Morgan fingerprint density at radius 2 is 1.24 bits per heavy atom. The molecule has 0 atom stereocenters. The monoisotopic (exact) mass is 506 g/mol. The van der Waals surface area contributed by atoms with Gasteiger partial charge in [0.15, 0.2) is 0 Å². The fourth-order valence-corrected chi connectivity index (χ4v) is 4.94. The van der Waals surface area contributed by atoms with Crippen LogP contribution < -0.4 is 9.80 Å². The summed E-state index contributed by atoms with van der Waals surface area (Å²) in [6, 6.07) is 18.6. The lowest BCUT2D eigenvalue weighted by atomic mass is 10.1. The molecule has 6 rings (SSSR count). The molecule has 2 fully saturated rings. The third-order valence-corrected chi connectivity index (χ3v) is 6.59. The SMILES string of the molecule is Brc1cnc2ccccc2c1N1CCOCC1.c1ccc2c(N3CCOCC3)ccnc2c1. The van der Waals surface area contributed by atoms with Crippen LogP contribution in [0.25, 0.3) is 21.8 Å². The molecule has 0 spiro atoms. The van der Waals surface area contributed by atoms with E-state index in [1.54, 1.807) is 0 Å². The van der Waals surface area contributed by atoms with Crippen molar-refractivity contribution in [2.24, 2.45) is 0 Å². The van der Waals surface area contributed by atoms with Crippen molar-refractivity contribution in [2.45, 2.75) is 0 Å². The Kier molecular flexibility index (Phi) is 7.00. The van der Waals surface area contributed by atoms with Crippen molar-refractivity contribution in [3.8, 4) is 0 Å². The van der Waals surface area contributed by atoms with Crippen LogP contribution in [0.15, 0.2) is 71.5 Å². The lowest BCUT2D eigenvalue weighted by Gasteiger charge is -2.30. The van der Waals surface area contributed by atoms with E-state index in [0.29, 0.717) is 0 Å². The number of hydrogen-bond acceptors (Lipinski definition) is 6. The van der Waals surface area contributed by atoms with Crippen molar-refractivity contribution in [2.75, 3.05) is 62.4 Å². The zero-order valence-electron chi connectivity index (χ0n) is 18.5. The number of fused-ring (bicyclic) bond motifs is 2. The van der Waals surface area contributed by atoms with Gasteiger partial charge >= 0.3 is 0 Å². The van der Waals surface area contributed by atoms with Crippen LogP contribution in [0, 0.1) is 0 Å². The lowest BCUT2D eigenvalue weighted by molar-refractivity contribution is 0.122. The minimum atomic E-state index is 0.795. The summed E-state index contributed by atoms with van der Waals surface area (Å²) < 4.78 is 11.8. The maximum absolute atomic E-state index is 5.40. The van der Waals surface area contributed by atoms with E-state index in [-0.39, 0.29) is 0 Å². The van der Waals surface area contributed by atoms with Gasteiger partial charge in [-0.05, 0) is 34.1 Å². The average molecular weight is 507 g/mol. The van der Waals surface area contributed by atoms with Gasteiger partial charge in [0.05, 0.1) is 47.6 Å². The molecule has 6 nitrogen and oxygen atoms in total. The number of anilines is 2. The molecule has 0 N–H and O–H groups in total. The Hall–Kier alpha value is -2.74. The smallest absolute Gasteiger partial charge is 0.0723 e. The molecule has 0 unspecified atom stereocenters. The Morgan fingerprint density at radius 3 is 1.94 bits per heavy atom. The van der Waals surface area contributed by atoms with Crippen LogP contribution in [0.1, 0.15) is 0 Å². The zero-order chi connectivity index (χ0) is 22.5. The van der Waals surface area contributed by atoms with Gasteiger partial charge in [0, 0.05) is 55.0 Å². The number of halogens is 1. The first-order chi connectivity index (χ1) is 16.3. The molecule has 4 heterocycles. The van der Waals surface area contributed by atoms with Crippen molar-refractivity contribution in [3.05, 3.63) is 71.5 Å². The van der Waals surface area contributed by atoms with E-state index in [2.05, 4.69) is 72.1 Å². The molecule has 0 saturated carbocycles. The molecular weight excluding hydrogens is 480 g/mol. The molecule has 2 saturated heterocycles. The van der Waals surface area contributed by atoms with E-state index in [9.17, 15) is 0 Å². The fourth-order valence-electron chi connectivity index (χ4n) is 4.37. The van der Waals surface area contributed by atoms with Crippen LogP contribution in [0.5, 0.6) is 0 Å². The van der Waals surface area contributed by atoms with Crippen LogP contribution in [0.4, 0.5) is 11.4 Å². The number of pyridine rings is 2. The number of morpholine rings is 2. The molecule has 2 aromatic carbocycles. The van der Waals surface area contributed by atoms with Crippen LogP contribution in [-0.2, 0) is 9.47 Å². The minimum absolute atomic E-state index is 0.795. The summed E-state index contributed by atoms with van der Waals surface area (Å²) in [5.41, 5.74) is 4.61. The van der Waals surface area contributed by atoms with E-state index < -0.39 is 0 Å². The summed E-state index contributed by atoms with van der Waals surface area (Å²) in [5.74, 6) is 0. The van der Waals surface area contributed by atoms with E-state index in [1.165, 1.54) is 22.1 Å². The van der Waals surface area contributed by atoms with E-state index in [4.69, 9.17) is 9.47 Å². The van der Waals surface area contributed by atoms with Gasteiger partial charge in [0.2, 0.25) is 0 Å². The quantitative estimate of drug-likeness (QED) is 0.385. The number of hydrogen-bond donors (Lipinski definition) is 0. The molecular formula is C26H27BrN4O2. The normalized spacial score (nSPS) is 16.5. The van der Waals surface area contributed by atoms with Gasteiger partial charge < -0.3 is 19.3 Å². The highest BCUT2D eigenvalue weighted by Gasteiger charge is 2.17. The first kappa shape index (κ1) is 22.1. The second-order valence-corrected chi connectivity index (χ2v) is 8.87. The molecule has 0 radical (unpaired) electrons. The molecule has 2 aliphatic heterocycles. The standard InChI is InChI=1S/C13H13BrN2O.C13H14N2O/c14-11-9-15-12-4-2-1-3-10(12)13(11)16-5-7-17-8-6-16;1-2-4-12-11(3-1)13(5-6-14-12)15-7-9-16-10-8-15/h1-4,9H,5-8H2;1-6H,7-10H2. The molecule has 2 aromatic heterocycles. The summed E-state index contributed by atoms with van der Waals surface area (Å²) in [4.78, 5) is 13.5. The van der Waals surface area contributed by atoms with Crippen molar-refractivity contribution >= 4 is 49.1 Å². The molecule has 0 bridgehead atoms. The van der Waals surface area contributed by atoms with Gasteiger partial charge in [-0.2, -0.15) is 0 Å². The van der Waals surface area contributed by atoms with Gasteiger partial charge in [-0.15, -0.1) is 0 Å². The highest BCUT2D eigenvalue weighted by atomic mass is 79.9. The lowest BCUT2D eigenvalue weighted by Crippen LogP contribution is -2.36. The molecule has 2 aliphatic rings. The predicted molar refractivity (Wildman–Crippen MR) is 137 cm³/mol. The number of ether oxygens (including phenoxy) is 2. The van der Waals surface area contributed by atoms with Crippen molar-refractivity contribution < 1.29 is 9.47 Å². The largest absolute Gasteiger partial charge is 0.378 e. The maximum atomic E-state index is 5.40. The van der Waals surface area contributed by atoms with Crippen LogP contribution in [0.2, 0.25) is 0 Å². The molecule has 4 aromatic rings. The number of para-hydroxylation sites is 2. The number of rotatable bonds is 2. The first-order valence-corrected chi connectivity index (χ1v) is 12.1. The molecule has 0 amide bonds. The second kappa shape index (κ2) is 10.5. The van der Waals surface area contributed by atoms with Crippen molar-refractivity contribution in [3.63, 3.8) is 0 Å². The Bertz CT molecular complexity index is 1220. The number of aromatic nitrogens is 2. The van der Waals surface area contributed by atoms with Crippen molar-refractivity contribution in [1.82, 2.24) is 9.97 Å². The van der Waals surface area contributed by atoms with Crippen LogP contribution >= 0.6 is 15.9 Å². The summed E-state index contributed by atoms with van der Waals surface area (Å²) in [6.07, 6.45) is 3.76. The van der Waals surface area contributed by atoms with Gasteiger partial charge in [0.25, 0.3) is 0 Å². The Balaban J connectivity index is 0.000000139. The van der Waals surface area contributed by atoms with Crippen molar-refractivity contribution in [1.29, 1.82) is 0 Å². The summed E-state index contributed by atoms with van der Waals surface area (Å²) >= 11 is 3.61. The third kappa shape index (κ3) is 4.95. The molecule has 7 heteroatoms. The van der Waals surface area contributed by atoms with Gasteiger partial charge in [-0.3, -0.25) is 9.97 Å². The maximum Gasteiger partial charge on any atom is 0.0723 e. The summed E-state index contributed by atoms with van der Waals surface area (Å²) in [6.45, 7) is 7.03. The fraction of sp³-hybridized carbons (Fsp3) is 0.308. The summed E-state index contributed by atoms with van der Waals surface area (Å²) in [5, 5.41) is 2.43. The molecule has 0 aliphatic carbocycles. The van der Waals surface area contributed by atoms with Gasteiger partial charge in [-0.1, -0.05) is 36.4 Å². The van der Waals surface area contributed by atoms with E-state index >= 15 is 0 Å². The topological polar surface area (TPSA) is 50.7 Å². The predicted octanol–water partition coefficient (Wildman–Crippen LogP) is 4.91. The minimum Gasteiger partial charge on any atom is -0.378 e. The first-order valence-electron chi connectivity index (χ1n) is 11.3. The second-order valence-electron chi connectivity index (χ2n) is 8.02. The zero-order valence-corrected chi connectivity index (χ0v) is 20.1. The highest BCUT2D eigenvalue weighted by molar-refractivity contribution is 9.10. The number of benzene rings is 2. The Labute approximate surface area is 202 Å². The third-order valence-electron chi connectivity index (χ3n) is 6.01. The van der Waals surface area contributed by atoms with E-state index in [0.717, 1.165) is 68.1 Å². The van der Waals surface area contributed by atoms with E-state index in [1.807, 2.05) is 30.6 Å². The molecule has 33 heavy (non-hydrogen) atoms. The summed E-state index contributed by atoms with van der Waals surface area (Å²) in [7, 11) is 0.